The molecule has 0 spiro atoms. The van der Waals surface area contributed by atoms with Crippen LogP contribution in [0.25, 0.3) is 0 Å². The van der Waals surface area contributed by atoms with Gasteiger partial charge in [-0.05, 0) is 24.3 Å². The quantitative estimate of drug-likeness (QED) is 0.829. The number of esters is 1. The summed E-state index contributed by atoms with van der Waals surface area (Å²) in [5, 5.41) is 9.71. The van der Waals surface area contributed by atoms with Crippen LogP contribution in [0.4, 0.5) is 5.69 Å². The lowest BCUT2D eigenvalue weighted by Crippen LogP contribution is -2.11. The molecule has 9 heteroatoms. The van der Waals surface area contributed by atoms with Crippen LogP contribution < -0.4 is 4.72 Å². The first-order valence-corrected chi connectivity index (χ1v) is 8.21. The first kappa shape index (κ1) is 15.6. The van der Waals surface area contributed by atoms with Crippen molar-refractivity contribution in [3.8, 4) is 5.75 Å². The third-order valence-corrected chi connectivity index (χ3v) is 5.57. The Morgan fingerprint density at radius 1 is 1.33 bits per heavy atom. The number of benzene rings is 1. The Hall–Kier alpha value is -1.77. The van der Waals surface area contributed by atoms with Gasteiger partial charge in [-0.3, -0.25) is 4.72 Å². The molecule has 0 fully saturated rings. The fourth-order valence-electron chi connectivity index (χ4n) is 1.53. The molecule has 0 unspecified atom stereocenters. The van der Waals surface area contributed by atoms with Crippen LogP contribution in [-0.2, 0) is 14.8 Å². The summed E-state index contributed by atoms with van der Waals surface area (Å²) in [6.45, 7) is 0. The second-order valence-corrected chi connectivity index (χ2v) is 7.51. The summed E-state index contributed by atoms with van der Waals surface area (Å²) < 4.78 is 31.3. The Labute approximate surface area is 130 Å². The molecule has 0 aliphatic carbocycles. The first-order valence-electron chi connectivity index (χ1n) is 5.53. The van der Waals surface area contributed by atoms with E-state index in [1.165, 1.54) is 31.4 Å². The van der Waals surface area contributed by atoms with E-state index < -0.39 is 16.0 Å². The fourth-order valence-corrected chi connectivity index (χ4v) is 4.06. The zero-order chi connectivity index (χ0) is 15.6. The number of aromatic hydroxyl groups is 1. The predicted molar refractivity (Wildman–Crippen MR) is 79.6 cm³/mol. The van der Waals surface area contributed by atoms with Crippen LogP contribution in [0.2, 0.25) is 4.34 Å². The van der Waals surface area contributed by atoms with Crippen molar-refractivity contribution in [1.29, 1.82) is 0 Å². The second-order valence-electron chi connectivity index (χ2n) is 3.89. The highest BCUT2D eigenvalue weighted by Crippen LogP contribution is 2.29. The van der Waals surface area contributed by atoms with Gasteiger partial charge >= 0.3 is 5.97 Å². The van der Waals surface area contributed by atoms with Crippen LogP contribution in [0.1, 0.15) is 10.4 Å². The van der Waals surface area contributed by atoms with Crippen molar-refractivity contribution in [3.63, 3.8) is 0 Å². The Morgan fingerprint density at radius 3 is 2.57 bits per heavy atom. The van der Waals surface area contributed by atoms with Gasteiger partial charge in [0.05, 0.1) is 17.1 Å². The number of sulfonamides is 1. The van der Waals surface area contributed by atoms with Gasteiger partial charge in [0.15, 0.2) is 0 Å². The molecule has 2 N–H and O–H groups in total. The summed E-state index contributed by atoms with van der Waals surface area (Å²) in [4.78, 5) is 11.3. The molecule has 0 amide bonds. The number of anilines is 1. The van der Waals surface area contributed by atoms with Crippen LogP contribution in [0.15, 0.2) is 34.5 Å². The third-order valence-electron chi connectivity index (χ3n) is 2.47. The monoisotopic (exact) mass is 347 g/mol. The van der Waals surface area contributed by atoms with Crippen molar-refractivity contribution in [1.82, 2.24) is 0 Å². The lowest BCUT2D eigenvalue weighted by Gasteiger charge is -2.08. The van der Waals surface area contributed by atoms with Gasteiger partial charge in [-0.2, -0.15) is 0 Å². The lowest BCUT2D eigenvalue weighted by atomic mass is 10.2. The maximum atomic E-state index is 12.1. The van der Waals surface area contributed by atoms with Gasteiger partial charge in [0.1, 0.15) is 15.5 Å². The van der Waals surface area contributed by atoms with Crippen molar-refractivity contribution in [2.24, 2.45) is 0 Å². The van der Waals surface area contributed by atoms with E-state index in [-0.39, 0.29) is 21.2 Å². The van der Waals surface area contributed by atoms with Crippen molar-refractivity contribution >= 4 is 44.6 Å². The molecule has 2 rings (SSSR count). The maximum absolute atomic E-state index is 12.1. The number of carbonyl (C=O) groups excluding carboxylic acids is 1. The SMILES string of the molecule is COC(=O)c1ccc(NS(=O)(=O)c2ccc(Cl)s2)cc1O. The topological polar surface area (TPSA) is 92.7 Å². The van der Waals surface area contributed by atoms with E-state index in [0.717, 1.165) is 17.4 Å². The van der Waals surface area contributed by atoms with Gasteiger partial charge in [-0.25, -0.2) is 13.2 Å². The Morgan fingerprint density at radius 2 is 2.05 bits per heavy atom. The van der Waals surface area contributed by atoms with Gasteiger partial charge in [-0.15, -0.1) is 11.3 Å². The number of halogens is 1. The molecule has 1 aromatic heterocycles. The number of methoxy groups -OCH3 is 1. The largest absolute Gasteiger partial charge is 0.507 e. The maximum Gasteiger partial charge on any atom is 0.341 e. The van der Waals surface area contributed by atoms with Crippen LogP contribution in [0.5, 0.6) is 5.75 Å². The average Bonchev–Trinajstić information content (AvgIpc) is 2.85. The van der Waals surface area contributed by atoms with Crippen molar-refractivity contribution < 1.29 is 23.1 Å². The molecular formula is C12H10ClNO5S2. The fraction of sp³-hybridized carbons (Fsp3) is 0.0833. The molecule has 2 aromatic rings. The molecule has 0 aliphatic heterocycles. The number of nitrogens with one attached hydrogen (secondary N) is 1. The van der Waals surface area contributed by atoms with Gasteiger partial charge in [0.2, 0.25) is 0 Å². The van der Waals surface area contributed by atoms with Gasteiger partial charge in [0.25, 0.3) is 10.0 Å². The summed E-state index contributed by atoms with van der Waals surface area (Å²) in [6.07, 6.45) is 0. The first-order chi connectivity index (χ1) is 9.83. The van der Waals surface area contributed by atoms with E-state index in [0.29, 0.717) is 4.34 Å². The second kappa shape index (κ2) is 5.92. The third kappa shape index (κ3) is 3.46. The molecule has 112 valence electrons. The number of carbonyl (C=O) groups is 1. The van der Waals surface area contributed by atoms with E-state index in [4.69, 9.17) is 11.6 Å². The van der Waals surface area contributed by atoms with Gasteiger partial charge < -0.3 is 9.84 Å². The molecule has 0 aliphatic rings. The molecule has 0 saturated heterocycles. The number of phenolic OH excluding ortho intramolecular Hbond substituents is 1. The molecule has 0 radical (unpaired) electrons. The summed E-state index contributed by atoms with van der Waals surface area (Å²) in [7, 11) is -2.61. The average molecular weight is 348 g/mol. The standard InChI is InChI=1S/C12H10ClNO5S2/c1-19-12(16)8-3-2-7(6-9(8)15)14-21(17,18)11-5-4-10(13)20-11/h2-6,14-15H,1H3. The Bertz CT molecular complexity index is 785. The molecule has 21 heavy (non-hydrogen) atoms. The van der Waals surface area contributed by atoms with E-state index in [2.05, 4.69) is 9.46 Å². The molecule has 1 aromatic carbocycles. The normalized spacial score (nSPS) is 11.1. The minimum absolute atomic E-state index is 0.0454. The molecule has 1 heterocycles. The number of ether oxygens (including phenoxy) is 1. The van der Waals surface area contributed by atoms with Crippen LogP contribution in [0.3, 0.4) is 0 Å². The summed E-state index contributed by atoms with van der Waals surface area (Å²) >= 11 is 6.61. The van der Waals surface area contributed by atoms with Crippen LogP contribution in [-0.4, -0.2) is 26.6 Å². The molecular weight excluding hydrogens is 338 g/mol. The number of phenols is 1. The molecule has 0 bridgehead atoms. The Kier molecular flexibility index (Phi) is 4.40. The minimum atomic E-state index is -3.79. The highest BCUT2D eigenvalue weighted by atomic mass is 35.5. The van der Waals surface area contributed by atoms with Crippen molar-refractivity contribution in [3.05, 3.63) is 40.2 Å². The Balaban J connectivity index is 2.28. The predicted octanol–water partition coefficient (Wildman–Crippen LogP) is 2.69. The molecule has 6 nitrogen and oxygen atoms in total. The minimum Gasteiger partial charge on any atom is -0.507 e. The molecule has 0 atom stereocenters. The van der Waals surface area contributed by atoms with Gasteiger partial charge in [0, 0.05) is 6.07 Å². The number of hydrogen-bond donors (Lipinski definition) is 2. The highest BCUT2D eigenvalue weighted by Gasteiger charge is 2.18. The zero-order valence-electron chi connectivity index (χ0n) is 10.7. The summed E-state index contributed by atoms with van der Waals surface area (Å²) in [5.74, 6) is -1.10. The number of thiophene rings is 1. The van der Waals surface area contributed by atoms with E-state index in [9.17, 15) is 18.3 Å². The lowest BCUT2D eigenvalue weighted by molar-refractivity contribution is 0.0597. The highest BCUT2D eigenvalue weighted by molar-refractivity contribution is 7.94. The van der Waals surface area contributed by atoms with Crippen molar-refractivity contribution in [2.75, 3.05) is 11.8 Å². The smallest absolute Gasteiger partial charge is 0.341 e. The van der Waals surface area contributed by atoms with Gasteiger partial charge in [-0.1, -0.05) is 11.6 Å². The number of hydrogen-bond acceptors (Lipinski definition) is 6. The van der Waals surface area contributed by atoms with E-state index in [1.807, 2.05) is 0 Å². The molecule has 0 saturated carbocycles. The summed E-state index contributed by atoms with van der Waals surface area (Å²) in [6, 6.07) is 6.58. The van der Waals surface area contributed by atoms with E-state index in [1.54, 1.807) is 0 Å². The van der Waals surface area contributed by atoms with Crippen LogP contribution in [0, 0.1) is 0 Å². The summed E-state index contributed by atoms with van der Waals surface area (Å²) in [5.41, 5.74) is 0.0595. The van der Waals surface area contributed by atoms with Crippen LogP contribution >= 0.6 is 22.9 Å². The van der Waals surface area contributed by atoms with Crippen molar-refractivity contribution in [2.45, 2.75) is 4.21 Å². The zero-order valence-corrected chi connectivity index (χ0v) is 13.1. The van der Waals surface area contributed by atoms with E-state index >= 15 is 0 Å². The number of rotatable bonds is 4.